The number of aromatic nitrogens is 5. The fourth-order valence-electron chi connectivity index (χ4n) is 5.15. The second-order valence-electron chi connectivity index (χ2n) is 9.83. The van der Waals surface area contributed by atoms with Crippen LogP contribution in [0.4, 0.5) is 23.1 Å². The van der Waals surface area contributed by atoms with Crippen LogP contribution in [0.5, 0.6) is 0 Å². The van der Waals surface area contributed by atoms with Gasteiger partial charge in [0.1, 0.15) is 42.1 Å². The number of hydrazine groups is 2. The van der Waals surface area contributed by atoms with Gasteiger partial charge >= 0.3 is 16.1 Å². The third-order valence-electron chi connectivity index (χ3n) is 7.11. The summed E-state index contributed by atoms with van der Waals surface area (Å²) in [6.45, 7) is -1.35. The van der Waals surface area contributed by atoms with Crippen LogP contribution in [-0.4, -0.2) is 94.5 Å². The Balaban J connectivity index is 1.18. The molecule has 11 N–H and O–H groups in total. The highest BCUT2D eigenvalue weighted by Crippen LogP contribution is 2.50. The van der Waals surface area contributed by atoms with E-state index in [0.29, 0.717) is 11.4 Å². The lowest BCUT2D eigenvalue weighted by Gasteiger charge is -2.26. The number of hydrogen-bond donors (Lipinski definition) is 9. The van der Waals surface area contributed by atoms with Crippen molar-refractivity contribution < 1.29 is 52.2 Å². The standard InChI is InChI=1S/C20H28N10O12P2/c21-16-12-7(1-2-23-16)30(28-27-12)11-3-8(41-43(34)35)10(39-11)5-38-44(36,37)42-15-14(32)9(4-31)40-19(15)29-6-24-13-17(29)25-20(22)26-18(13)33/h1-2,6,8-11,14-15,19,27-28,31-32,43H,3-5H2,(H2,21,23)(H,34,35)(H,36,37)(H3,22,25,26,33)/t8?,9-,10-,11-,14-,15-,19-/m1/s1. The van der Waals surface area contributed by atoms with Crippen LogP contribution in [0.25, 0.3) is 11.2 Å². The van der Waals surface area contributed by atoms with E-state index in [-0.39, 0.29) is 29.4 Å². The molecule has 6 rings (SSSR count). The minimum atomic E-state index is -5.06. The molecular formula is C20H28N10O12P2. The van der Waals surface area contributed by atoms with Gasteiger partial charge in [0.15, 0.2) is 17.4 Å². The molecule has 3 aliphatic heterocycles. The van der Waals surface area contributed by atoms with E-state index in [1.54, 1.807) is 6.07 Å². The monoisotopic (exact) mass is 662 g/mol. The van der Waals surface area contributed by atoms with Gasteiger partial charge < -0.3 is 45.5 Å². The van der Waals surface area contributed by atoms with Gasteiger partial charge in [-0.2, -0.15) is 4.98 Å². The number of nitrogen functional groups attached to an aromatic ring is 2. The van der Waals surface area contributed by atoms with E-state index in [0.717, 1.165) is 10.9 Å². The lowest BCUT2D eigenvalue weighted by Crippen LogP contribution is -2.44. The number of nitrogens with zero attached hydrogens (tertiary/aromatic N) is 5. The lowest BCUT2D eigenvalue weighted by molar-refractivity contribution is -0.0545. The van der Waals surface area contributed by atoms with Crippen molar-refractivity contribution in [3.8, 4) is 0 Å². The van der Waals surface area contributed by atoms with Crippen LogP contribution in [0.3, 0.4) is 0 Å². The van der Waals surface area contributed by atoms with Crippen LogP contribution in [0.2, 0.25) is 0 Å². The van der Waals surface area contributed by atoms with Crippen LogP contribution < -0.4 is 33.0 Å². The number of aromatic amines is 1. The normalized spacial score (nSPS) is 30.4. The maximum atomic E-state index is 13.1. The molecule has 0 bridgehead atoms. The second kappa shape index (κ2) is 11.9. The molecule has 44 heavy (non-hydrogen) atoms. The number of nitrogens with two attached hydrogens (primary N) is 2. The van der Waals surface area contributed by atoms with Gasteiger partial charge in [0.25, 0.3) is 5.56 Å². The van der Waals surface area contributed by atoms with Gasteiger partial charge in [0.2, 0.25) is 5.95 Å². The fourth-order valence-corrected chi connectivity index (χ4v) is 6.59. The van der Waals surface area contributed by atoms with Crippen molar-refractivity contribution >= 4 is 50.4 Å². The Morgan fingerprint density at radius 2 is 2.05 bits per heavy atom. The molecule has 0 spiro atoms. The summed E-state index contributed by atoms with van der Waals surface area (Å²) in [6, 6.07) is 1.64. The van der Waals surface area contributed by atoms with Crippen molar-refractivity contribution in [1.29, 1.82) is 0 Å². The first-order valence-corrected chi connectivity index (χ1v) is 15.6. The van der Waals surface area contributed by atoms with E-state index in [2.05, 4.69) is 30.9 Å². The van der Waals surface area contributed by atoms with E-state index in [4.69, 9.17) is 34.5 Å². The molecular weight excluding hydrogens is 634 g/mol. The summed E-state index contributed by atoms with van der Waals surface area (Å²) in [5, 5.41) is 22.0. The van der Waals surface area contributed by atoms with Crippen molar-refractivity contribution in [2.24, 2.45) is 0 Å². The highest BCUT2D eigenvalue weighted by atomic mass is 31.2. The molecule has 0 amide bonds. The first kappa shape index (κ1) is 30.8. The van der Waals surface area contributed by atoms with Crippen molar-refractivity contribution in [1.82, 2.24) is 30.0 Å². The molecule has 3 aromatic rings. The first-order valence-electron chi connectivity index (χ1n) is 12.9. The number of imidazole rings is 1. The Morgan fingerprint density at radius 3 is 2.80 bits per heavy atom. The van der Waals surface area contributed by atoms with E-state index < -0.39 is 77.8 Å². The van der Waals surface area contributed by atoms with Gasteiger partial charge in [-0.1, -0.05) is 0 Å². The number of pyridine rings is 1. The van der Waals surface area contributed by atoms with Crippen LogP contribution in [0, 0.1) is 0 Å². The van der Waals surface area contributed by atoms with Crippen molar-refractivity contribution in [2.45, 2.75) is 49.4 Å². The average molecular weight is 662 g/mol. The molecule has 0 radical (unpaired) electrons. The van der Waals surface area contributed by atoms with Crippen molar-refractivity contribution in [2.75, 3.05) is 35.1 Å². The largest absolute Gasteiger partial charge is 0.472 e. The average Bonchev–Trinajstić information content (AvgIpc) is 3.73. The zero-order valence-corrected chi connectivity index (χ0v) is 24.2. The quantitative estimate of drug-likeness (QED) is 0.103. The van der Waals surface area contributed by atoms with E-state index >= 15 is 0 Å². The molecule has 24 heteroatoms. The Bertz CT molecular complexity index is 1680. The molecule has 3 unspecified atom stereocenters. The first-order chi connectivity index (χ1) is 21.0. The van der Waals surface area contributed by atoms with Crippen LogP contribution in [0.15, 0.2) is 23.4 Å². The molecule has 6 heterocycles. The van der Waals surface area contributed by atoms with Crippen molar-refractivity contribution in [3.05, 3.63) is 28.9 Å². The summed E-state index contributed by atoms with van der Waals surface area (Å²) in [7, 11) is -8.52. The number of phosphoric acid groups is 1. The predicted octanol–water partition coefficient (Wildman–Crippen LogP) is -2.33. The number of aliphatic hydroxyl groups is 2. The number of anilines is 4. The topological polar surface area (TPSA) is 317 Å². The Labute approximate surface area is 246 Å². The van der Waals surface area contributed by atoms with Crippen molar-refractivity contribution in [3.63, 3.8) is 0 Å². The lowest BCUT2D eigenvalue weighted by atomic mass is 10.1. The molecule has 3 aliphatic rings. The minimum Gasteiger partial charge on any atom is -0.394 e. The Morgan fingerprint density at radius 1 is 1.25 bits per heavy atom. The summed E-state index contributed by atoms with van der Waals surface area (Å²) in [4.78, 5) is 46.5. The maximum Gasteiger partial charge on any atom is 0.472 e. The third kappa shape index (κ3) is 5.78. The summed E-state index contributed by atoms with van der Waals surface area (Å²) < 4.78 is 53.0. The van der Waals surface area contributed by atoms with Gasteiger partial charge in [-0.05, 0) is 6.07 Å². The highest BCUT2D eigenvalue weighted by Gasteiger charge is 2.50. The molecule has 0 aromatic carbocycles. The number of ether oxygens (including phenoxy) is 2. The second-order valence-corrected chi connectivity index (χ2v) is 12.0. The third-order valence-corrected chi connectivity index (χ3v) is 8.60. The fraction of sp³-hybridized carbons (Fsp3) is 0.500. The molecule has 3 aromatic heterocycles. The maximum absolute atomic E-state index is 13.1. The summed E-state index contributed by atoms with van der Waals surface area (Å²) >= 11 is 0. The zero-order chi connectivity index (χ0) is 31.3. The summed E-state index contributed by atoms with van der Waals surface area (Å²) in [6.07, 6.45) is -6.37. The molecule has 2 saturated heterocycles. The molecule has 0 aliphatic carbocycles. The molecule has 2 fully saturated rings. The SMILES string of the molecule is Nc1nc2c(ncn2[C@@H]2O[C@H](CO)[C@@H](O)[C@H]2OP(=O)(O)OC[C@H]2O[C@@H](N3NNc4c3ccnc4N)CC2O[PH](=O)O)c(=O)[nH]1. The van der Waals surface area contributed by atoms with Gasteiger partial charge in [0.05, 0.1) is 31.3 Å². The van der Waals surface area contributed by atoms with E-state index in [9.17, 15) is 33.9 Å². The van der Waals surface area contributed by atoms with Gasteiger partial charge in [-0.3, -0.25) is 38.4 Å². The Hall–Kier alpha value is -3.24. The number of rotatable bonds is 10. The van der Waals surface area contributed by atoms with E-state index in [1.165, 1.54) is 11.2 Å². The smallest absolute Gasteiger partial charge is 0.394 e. The number of phosphoric ester groups is 1. The van der Waals surface area contributed by atoms with Crippen LogP contribution >= 0.6 is 16.1 Å². The van der Waals surface area contributed by atoms with E-state index in [1.807, 2.05) is 0 Å². The predicted molar refractivity (Wildman–Crippen MR) is 147 cm³/mol. The number of hydrogen-bond acceptors (Lipinski definition) is 18. The number of fused-ring (bicyclic) bond motifs is 2. The minimum absolute atomic E-state index is 0.0241. The number of aliphatic hydroxyl groups excluding tert-OH is 2. The number of H-pyrrole nitrogens is 1. The number of nitrogens with one attached hydrogen (secondary N) is 3. The molecule has 240 valence electrons. The summed E-state index contributed by atoms with van der Waals surface area (Å²) in [5.74, 6) is -0.0488. The van der Waals surface area contributed by atoms with Gasteiger partial charge in [0, 0.05) is 12.6 Å². The van der Waals surface area contributed by atoms with Crippen LogP contribution in [0.1, 0.15) is 12.6 Å². The Kier molecular flexibility index (Phi) is 8.34. The molecule has 0 saturated carbocycles. The van der Waals surface area contributed by atoms with Crippen LogP contribution in [-0.2, 0) is 32.2 Å². The summed E-state index contributed by atoms with van der Waals surface area (Å²) in [5.41, 5.74) is 17.4. The highest BCUT2D eigenvalue weighted by molar-refractivity contribution is 7.47. The molecule has 9 atom stereocenters. The van der Waals surface area contributed by atoms with Gasteiger partial charge in [-0.25, -0.2) is 14.5 Å². The van der Waals surface area contributed by atoms with Gasteiger partial charge in [-0.15, -0.1) is 5.53 Å². The zero-order valence-electron chi connectivity index (χ0n) is 22.3. The molecule has 22 nitrogen and oxygen atoms in total.